The van der Waals surface area contributed by atoms with E-state index in [-0.39, 0.29) is 5.88 Å². The molecule has 5 heteroatoms. The number of aromatic nitrogens is 2. The second kappa shape index (κ2) is 3.00. The molecule has 0 bridgehead atoms. The van der Waals surface area contributed by atoms with Crippen molar-refractivity contribution < 1.29 is 13.5 Å². The molecule has 1 heterocycles. The van der Waals surface area contributed by atoms with Crippen molar-refractivity contribution in [1.82, 2.24) is 9.97 Å². The number of rotatable bonds is 2. The first kappa shape index (κ1) is 8.83. The van der Waals surface area contributed by atoms with Crippen molar-refractivity contribution in [2.24, 2.45) is 0 Å². The second-order valence-electron chi connectivity index (χ2n) is 2.31. The molecule has 0 spiro atoms. The maximum atomic E-state index is 12.6. The fraction of sp³-hybridized carbons (Fsp3) is 0.429. The van der Waals surface area contributed by atoms with Gasteiger partial charge in [-0.05, 0) is 0 Å². The number of methoxy groups -OCH3 is 1. The molecule has 0 unspecified atom stereocenters. The Morgan fingerprint density at radius 2 is 2.17 bits per heavy atom. The number of halogens is 2. The smallest absolute Gasteiger partial charge is 0.303 e. The van der Waals surface area contributed by atoms with E-state index in [2.05, 4.69) is 14.7 Å². The van der Waals surface area contributed by atoms with Crippen LogP contribution < -0.4 is 4.74 Å². The minimum Gasteiger partial charge on any atom is -0.481 e. The van der Waals surface area contributed by atoms with Gasteiger partial charge in [0.05, 0.1) is 7.11 Å². The van der Waals surface area contributed by atoms with Crippen LogP contribution in [0.3, 0.4) is 0 Å². The summed E-state index contributed by atoms with van der Waals surface area (Å²) in [5, 5.41) is 0. The molecule has 1 aromatic heterocycles. The summed E-state index contributed by atoms with van der Waals surface area (Å²) >= 11 is 0. The Morgan fingerprint density at radius 1 is 1.50 bits per heavy atom. The van der Waals surface area contributed by atoms with Crippen LogP contribution in [-0.4, -0.2) is 17.1 Å². The third-order valence-electron chi connectivity index (χ3n) is 1.23. The van der Waals surface area contributed by atoms with Gasteiger partial charge in [0.2, 0.25) is 11.7 Å². The summed E-state index contributed by atoms with van der Waals surface area (Å²) in [5.74, 6) is -3.41. The van der Waals surface area contributed by atoms with Crippen LogP contribution in [0, 0.1) is 0 Å². The topological polar surface area (TPSA) is 35.0 Å². The van der Waals surface area contributed by atoms with Crippen LogP contribution in [0.4, 0.5) is 8.78 Å². The number of hydrogen-bond donors (Lipinski definition) is 0. The van der Waals surface area contributed by atoms with E-state index in [1.807, 2.05) is 0 Å². The third kappa shape index (κ3) is 1.87. The molecule has 12 heavy (non-hydrogen) atoms. The predicted octanol–water partition coefficient (Wildman–Crippen LogP) is 1.60. The molecule has 0 aliphatic heterocycles. The quantitative estimate of drug-likeness (QED) is 0.683. The van der Waals surface area contributed by atoms with Crippen molar-refractivity contribution in [3.05, 3.63) is 18.1 Å². The molecule has 0 saturated carbocycles. The van der Waals surface area contributed by atoms with Crippen molar-refractivity contribution in [3.8, 4) is 5.88 Å². The van der Waals surface area contributed by atoms with Gasteiger partial charge in [-0.25, -0.2) is 4.98 Å². The minimum absolute atomic E-state index is 0.140. The highest BCUT2D eigenvalue weighted by molar-refractivity contribution is 5.10. The summed E-state index contributed by atoms with van der Waals surface area (Å²) < 4.78 is 29.8. The molecule has 0 radical (unpaired) electrons. The van der Waals surface area contributed by atoms with Crippen molar-refractivity contribution in [2.75, 3.05) is 7.11 Å². The van der Waals surface area contributed by atoms with Crippen LogP contribution in [0.2, 0.25) is 0 Å². The zero-order valence-electron chi connectivity index (χ0n) is 6.71. The van der Waals surface area contributed by atoms with E-state index >= 15 is 0 Å². The average molecular weight is 174 g/mol. The molecule has 1 aromatic rings. The Kier molecular flexibility index (Phi) is 2.21. The highest BCUT2D eigenvalue weighted by atomic mass is 19.3. The zero-order chi connectivity index (χ0) is 9.19. The Balaban J connectivity index is 3.02. The highest BCUT2D eigenvalue weighted by Gasteiger charge is 2.28. The summed E-state index contributed by atoms with van der Waals surface area (Å²) in [4.78, 5) is 6.90. The van der Waals surface area contributed by atoms with E-state index in [9.17, 15) is 8.78 Å². The Hall–Kier alpha value is -1.26. The maximum Gasteiger partial charge on any atom is 0.303 e. The van der Waals surface area contributed by atoms with Gasteiger partial charge in [-0.3, -0.25) is 0 Å². The zero-order valence-corrected chi connectivity index (χ0v) is 6.71. The number of alkyl halides is 2. The Labute approximate surface area is 68.4 Å². The molecule has 3 nitrogen and oxygen atoms in total. The molecule has 1 rings (SSSR count). The standard InChI is InChI=1S/C7H8F2N2O/c1-7(8,9)6-10-4-3-5(11-6)12-2/h3-4H,1-2H3. The highest BCUT2D eigenvalue weighted by Crippen LogP contribution is 2.23. The third-order valence-corrected chi connectivity index (χ3v) is 1.23. The second-order valence-corrected chi connectivity index (χ2v) is 2.31. The lowest BCUT2D eigenvalue weighted by molar-refractivity contribution is 0.00709. The fourth-order valence-corrected chi connectivity index (χ4v) is 0.667. The van der Waals surface area contributed by atoms with Crippen LogP contribution in [0.25, 0.3) is 0 Å². The predicted molar refractivity (Wildman–Crippen MR) is 38.2 cm³/mol. The van der Waals surface area contributed by atoms with E-state index in [0.29, 0.717) is 0 Å². The van der Waals surface area contributed by atoms with Gasteiger partial charge in [0.15, 0.2) is 0 Å². The molecule has 0 amide bonds. The molecule has 0 atom stereocenters. The molecule has 0 N–H and O–H groups in total. The van der Waals surface area contributed by atoms with Gasteiger partial charge < -0.3 is 4.74 Å². The van der Waals surface area contributed by atoms with Gasteiger partial charge >= 0.3 is 5.92 Å². The lowest BCUT2D eigenvalue weighted by Gasteiger charge is -2.08. The summed E-state index contributed by atoms with van der Waals surface area (Å²) in [6.07, 6.45) is 1.23. The van der Waals surface area contributed by atoms with Gasteiger partial charge in [0.25, 0.3) is 0 Å². The summed E-state index contributed by atoms with van der Waals surface area (Å²) in [6.45, 7) is 0.738. The monoisotopic (exact) mass is 174 g/mol. The van der Waals surface area contributed by atoms with E-state index in [1.165, 1.54) is 19.4 Å². The lowest BCUT2D eigenvalue weighted by atomic mass is 10.3. The summed E-state index contributed by atoms with van der Waals surface area (Å²) in [6, 6.07) is 1.41. The largest absolute Gasteiger partial charge is 0.481 e. The molecule has 66 valence electrons. The average Bonchev–Trinajstić information content (AvgIpc) is 2.03. The molecule has 0 fully saturated rings. The van der Waals surface area contributed by atoms with Gasteiger partial charge in [-0.15, -0.1) is 0 Å². The SMILES string of the molecule is COc1ccnc(C(C)(F)F)n1. The van der Waals surface area contributed by atoms with Gasteiger partial charge in [-0.1, -0.05) is 0 Å². The van der Waals surface area contributed by atoms with Crippen molar-refractivity contribution in [1.29, 1.82) is 0 Å². The first-order valence-corrected chi connectivity index (χ1v) is 3.29. The first-order valence-electron chi connectivity index (χ1n) is 3.29. The molecular weight excluding hydrogens is 166 g/mol. The molecule has 0 saturated heterocycles. The van der Waals surface area contributed by atoms with Crippen LogP contribution in [0.1, 0.15) is 12.7 Å². The first-order chi connectivity index (χ1) is 5.54. The molecule has 0 aliphatic carbocycles. The normalized spacial score (nSPS) is 11.3. The molecule has 0 aliphatic rings. The number of hydrogen-bond acceptors (Lipinski definition) is 3. The molecular formula is C7H8F2N2O. The van der Waals surface area contributed by atoms with Crippen LogP contribution in [0.5, 0.6) is 5.88 Å². The fourth-order valence-electron chi connectivity index (χ4n) is 0.667. The van der Waals surface area contributed by atoms with Crippen molar-refractivity contribution in [3.63, 3.8) is 0 Å². The number of nitrogens with zero attached hydrogens (tertiary/aromatic N) is 2. The maximum absolute atomic E-state index is 12.6. The van der Waals surface area contributed by atoms with E-state index in [0.717, 1.165) is 6.92 Å². The Bertz CT molecular complexity index is 272. The molecule has 0 aromatic carbocycles. The van der Waals surface area contributed by atoms with E-state index in [1.54, 1.807) is 0 Å². The summed E-state index contributed by atoms with van der Waals surface area (Å²) in [5.41, 5.74) is 0. The van der Waals surface area contributed by atoms with E-state index < -0.39 is 11.7 Å². The van der Waals surface area contributed by atoms with Gasteiger partial charge in [-0.2, -0.15) is 13.8 Å². The van der Waals surface area contributed by atoms with Crippen LogP contribution >= 0.6 is 0 Å². The van der Waals surface area contributed by atoms with Gasteiger partial charge in [0.1, 0.15) is 0 Å². The van der Waals surface area contributed by atoms with Crippen molar-refractivity contribution >= 4 is 0 Å². The summed E-state index contributed by atoms with van der Waals surface area (Å²) in [7, 11) is 1.36. The van der Waals surface area contributed by atoms with E-state index in [4.69, 9.17) is 0 Å². The number of ether oxygens (including phenoxy) is 1. The lowest BCUT2D eigenvalue weighted by Crippen LogP contribution is -2.12. The Morgan fingerprint density at radius 3 is 2.67 bits per heavy atom. The van der Waals surface area contributed by atoms with Crippen molar-refractivity contribution in [2.45, 2.75) is 12.8 Å². The van der Waals surface area contributed by atoms with Gasteiger partial charge in [0, 0.05) is 19.2 Å². The van der Waals surface area contributed by atoms with Crippen LogP contribution in [-0.2, 0) is 5.92 Å². The minimum atomic E-state index is -3.02. The van der Waals surface area contributed by atoms with Crippen LogP contribution in [0.15, 0.2) is 12.3 Å².